The van der Waals surface area contributed by atoms with Crippen LogP contribution >= 0.6 is 0 Å². The highest BCUT2D eigenvalue weighted by Gasteiger charge is 2.28. The molecule has 0 saturated carbocycles. The monoisotopic (exact) mass is 909 g/mol. The normalized spacial score (nSPS) is 12.5. The standard InChI is InChI=1S/C40H31N9O11S3/c41-25-8-16-30(32(50)20-25)47-44-28-13-11-26(12-14-28)43-31-17-15-29(21-33(31)61(52,53)54)46-48-38-34(62(55,56)57)18-24-19-35(63(58,59)60)39(40(51)36(24)37(38)42)49-45-27-9-6-23(7-10-27)22-4-2-1-3-5-22/h1-21,43,50-51H,41-42H2,(H,52,53,54)(H,55,56,57)(H,58,59,60). The topological polar surface area (TPSA) is 342 Å². The van der Waals surface area contributed by atoms with Crippen molar-refractivity contribution in [1.29, 1.82) is 0 Å². The molecule has 0 heterocycles. The molecule has 0 bridgehead atoms. The highest BCUT2D eigenvalue weighted by Crippen LogP contribution is 2.48. The molecule has 320 valence electrons. The van der Waals surface area contributed by atoms with Crippen LogP contribution in [-0.4, -0.2) is 49.1 Å². The highest BCUT2D eigenvalue weighted by molar-refractivity contribution is 7.86. The first-order chi connectivity index (χ1) is 29.8. The third kappa shape index (κ3) is 9.78. The quantitative estimate of drug-likeness (QED) is 0.0321. The molecule has 7 aromatic carbocycles. The SMILES string of the molecule is Nc1ccc(N=Nc2ccc(Nc3ccc(N=Nc4c(S(=O)(=O)O)cc5cc(S(=O)(=O)O)c(N=Nc6ccc(-c7ccccc7)cc6)c(O)c5c4N)cc3S(=O)(=O)O)cc2)c(O)c1. The summed E-state index contributed by atoms with van der Waals surface area (Å²) in [5, 5.41) is 47.0. The van der Waals surface area contributed by atoms with Crippen molar-refractivity contribution in [2.24, 2.45) is 30.7 Å². The fourth-order valence-electron chi connectivity index (χ4n) is 6.06. The third-order valence-electron chi connectivity index (χ3n) is 9.04. The Hall–Kier alpha value is -7.67. The summed E-state index contributed by atoms with van der Waals surface area (Å²) >= 11 is 0. The average molecular weight is 910 g/mol. The second-order valence-electron chi connectivity index (χ2n) is 13.3. The molecule has 23 heteroatoms. The van der Waals surface area contributed by atoms with E-state index in [1.165, 1.54) is 54.6 Å². The smallest absolute Gasteiger partial charge is 0.296 e. The van der Waals surface area contributed by atoms with Crippen molar-refractivity contribution in [2.75, 3.05) is 16.8 Å². The van der Waals surface area contributed by atoms with E-state index >= 15 is 0 Å². The lowest BCUT2D eigenvalue weighted by Gasteiger charge is -2.14. The number of azo groups is 3. The van der Waals surface area contributed by atoms with Crippen molar-refractivity contribution in [3.05, 3.63) is 127 Å². The molecule has 7 aromatic rings. The summed E-state index contributed by atoms with van der Waals surface area (Å²) in [6, 6.07) is 31.1. The lowest BCUT2D eigenvalue weighted by molar-refractivity contribution is 0.472. The molecule has 0 aliphatic carbocycles. The molecule has 0 aliphatic rings. The molecule has 0 atom stereocenters. The zero-order valence-electron chi connectivity index (χ0n) is 31.9. The van der Waals surface area contributed by atoms with Crippen LogP contribution in [-0.2, 0) is 30.4 Å². The van der Waals surface area contributed by atoms with Gasteiger partial charge < -0.3 is 27.0 Å². The summed E-state index contributed by atoms with van der Waals surface area (Å²) in [7, 11) is -15.4. The van der Waals surface area contributed by atoms with Crippen molar-refractivity contribution in [2.45, 2.75) is 14.7 Å². The molecule has 0 radical (unpaired) electrons. The second-order valence-corrected chi connectivity index (χ2v) is 17.5. The average Bonchev–Trinajstić information content (AvgIpc) is 3.22. The van der Waals surface area contributed by atoms with E-state index in [1.54, 1.807) is 24.3 Å². The number of nitrogens with one attached hydrogen (secondary N) is 1. The van der Waals surface area contributed by atoms with E-state index in [1.807, 2.05) is 30.3 Å². The van der Waals surface area contributed by atoms with Gasteiger partial charge >= 0.3 is 0 Å². The molecule has 0 fully saturated rings. The zero-order chi connectivity index (χ0) is 45.3. The number of benzene rings is 7. The molecule has 7 rings (SSSR count). The van der Waals surface area contributed by atoms with Gasteiger partial charge in [0.25, 0.3) is 30.4 Å². The van der Waals surface area contributed by atoms with Crippen LogP contribution in [0.15, 0.2) is 173 Å². The van der Waals surface area contributed by atoms with E-state index in [-0.39, 0.29) is 28.5 Å². The van der Waals surface area contributed by atoms with Gasteiger partial charge in [-0.05, 0) is 95.4 Å². The maximum Gasteiger partial charge on any atom is 0.296 e. The lowest BCUT2D eigenvalue weighted by atomic mass is 10.0. The number of phenols is 2. The van der Waals surface area contributed by atoms with E-state index in [2.05, 4.69) is 36.0 Å². The van der Waals surface area contributed by atoms with Gasteiger partial charge in [-0.25, -0.2) is 0 Å². The minimum atomic E-state index is -5.23. The Kier molecular flexibility index (Phi) is 11.7. The zero-order valence-corrected chi connectivity index (χ0v) is 34.3. The number of aromatic hydroxyl groups is 2. The Bertz CT molecular complexity index is 3370. The number of nitrogens with zero attached hydrogens (tertiary/aromatic N) is 6. The van der Waals surface area contributed by atoms with Crippen LogP contribution in [0.3, 0.4) is 0 Å². The predicted octanol–water partition coefficient (Wildman–Crippen LogP) is 9.81. The van der Waals surface area contributed by atoms with Crippen LogP contribution in [0.25, 0.3) is 21.9 Å². The van der Waals surface area contributed by atoms with Crippen LogP contribution in [0, 0.1) is 0 Å². The molecular weight excluding hydrogens is 879 g/mol. The first kappa shape index (κ1) is 43.4. The van der Waals surface area contributed by atoms with Crippen LogP contribution < -0.4 is 16.8 Å². The Labute approximate surface area is 357 Å². The molecule has 0 amide bonds. The van der Waals surface area contributed by atoms with Crippen molar-refractivity contribution in [3.8, 4) is 22.6 Å². The maximum atomic E-state index is 12.6. The fraction of sp³-hybridized carbons (Fsp3) is 0. The van der Waals surface area contributed by atoms with E-state index in [9.17, 15) is 49.1 Å². The van der Waals surface area contributed by atoms with Gasteiger partial charge in [0.1, 0.15) is 37.5 Å². The maximum absolute atomic E-state index is 12.6. The lowest BCUT2D eigenvalue weighted by Crippen LogP contribution is -2.04. The van der Waals surface area contributed by atoms with Crippen LogP contribution in [0.5, 0.6) is 11.5 Å². The van der Waals surface area contributed by atoms with Gasteiger partial charge in [0.2, 0.25) is 0 Å². The van der Waals surface area contributed by atoms with Gasteiger partial charge in [0.05, 0.1) is 33.8 Å². The molecule has 63 heavy (non-hydrogen) atoms. The first-order valence-electron chi connectivity index (χ1n) is 17.8. The van der Waals surface area contributed by atoms with Crippen molar-refractivity contribution in [1.82, 2.24) is 0 Å². The van der Waals surface area contributed by atoms with Gasteiger partial charge in [0, 0.05) is 17.4 Å². The van der Waals surface area contributed by atoms with Gasteiger partial charge in [-0.1, -0.05) is 42.5 Å². The summed E-state index contributed by atoms with van der Waals surface area (Å²) in [5.74, 6) is -1.16. The number of phenolic OH excluding ortho intramolecular Hbond substituents is 2. The first-order valence-corrected chi connectivity index (χ1v) is 22.1. The van der Waals surface area contributed by atoms with Gasteiger partial charge in [0.15, 0.2) is 5.75 Å². The molecule has 10 N–H and O–H groups in total. The molecule has 0 unspecified atom stereocenters. The Morgan fingerprint density at radius 2 is 1.02 bits per heavy atom. The molecule has 0 saturated heterocycles. The third-order valence-corrected chi connectivity index (χ3v) is 11.7. The van der Waals surface area contributed by atoms with Gasteiger partial charge in [-0.15, -0.1) is 15.3 Å². The second kappa shape index (κ2) is 17.0. The van der Waals surface area contributed by atoms with Crippen LogP contribution in [0.1, 0.15) is 0 Å². The number of nitrogens with two attached hydrogens (primary N) is 2. The summed E-state index contributed by atoms with van der Waals surface area (Å²) in [6.07, 6.45) is 0. The number of rotatable bonds is 12. The Morgan fingerprint density at radius 1 is 0.492 bits per heavy atom. The summed E-state index contributed by atoms with van der Waals surface area (Å²) in [4.78, 5) is -2.70. The van der Waals surface area contributed by atoms with E-state index < -0.39 is 78.6 Å². The number of nitrogen functional groups attached to an aromatic ring is 2. The fourth-order valence-corrected chi connectivity index (χ4v) is 8.06. The number of hydrogen-bond acceptors (Lipinski definition) is 17. The van der Waals surface area contributed by atoms with Gasteiger partial charge in [-0.2, -0.15) is 40.6 Å². The highest BCUT2D eigenvalue weighted by atomic mass is 32.2. The predicted molar refractivity (Wildman–Crippen MR) is 233 cm³/mol. The minimum absolute atomic E-state index is 0.130. The number of fused-ring (bicyclic) bond motifs is 1. The Morgan fingerprint density at radius 3 is 1.62 bits per heavy atom. The number of hydrogen-bond donors (Lipinski definition) is 8. The van der Waals surface area contributed by atoms with Crippen molar-refractivity contribution >= 4 is 98.0 Å². The molecular formula is C40H31N9O11S3. The van der Waals surface area contributed by atoms with Crippen LogP contribution in [0.2, 0.25) is 0 Å². The molecule has 0 aliphatic heterocycles. The van der Waals surface area contributed by atoms with Crippen LogP contribution in [0.4, 0.5) is 56.9 Å². The molecule has 0 spiro atoms. The van der Waals surface area contributed by atoms with Crippen molar-refractivity contribution in [3.63, 3.8) is 0 Å². The van der Waals surface area contributed by atoms with Gasteiger partial charge in [-0.3, -0.25) is 13.7 Å². The summed E-state index contributed by atoms with van der Waals surface area (Å²) in [6.45, 7) is 0. The van der Waals surface area contributed by atoms with E-state index in [0.29, 0.717) is 23.1 Å². The summed E-state index contributed by atoms with van der Waals surface area (Å²) < 4.78 is 106. The Balaban J connectivity index is 1.23. The summed E-state index contributed by atoms with van der Waals surface area (Å²) in [5.41, 5.74) is 12.4. The minimum Gasteiger partial charge on any atom is -0.506 e. The van der Waals surface area contributed by atoms with E-state index in [0.717, 1.165) is 23.3 Å². The molecule has 0 aromatic heterocycles. The molecule has 20 nitrogen and oxygen atoms in total. The number of anilines is 4. The van der Waals surface area contributed by atoms with Crippen molar-refractivity contribution < 1.29 is 49.1 Å². The van der Waals surface area contributed by atoms with E-state index in [4.69, 9.17) is 11.5 Å². The largest absolute Gasteiger partial charge is 0.506 e.